The van der Waals surface area contributed by atoms with Gasteiger partial charge in [-0.15, -0.1) is 0 Å². The van der Waals surface area contributed by atoms with Crippen molar-refractivity contribution in [2.75, 3.05) is 11.9 Å². The first-order valence-electron chi connectivity index (χ1n) is 5.62. The third kappa shape index (κ3) is 1.91. The van der Waals surface area contributed by atoms with E-state index in [-0.39, 0.29) is 0 Å². The third-order valence-corrected chi connectivity index (χ3v) is 3.67. The third-order valence-electron chi connectivity index (χ3n) is 2.70. The molecule has 88 valence electrons. The van der Waals surface area contributed by atoms with E-state index in [1.165, 1.54) is 5.56 Å². The second-order valence-corrected chi connectivity index (χ2v) is 4.84. The van der Waals surface area contributed by atoms with Crippen molar-refractivity contribution >= 4 is 17.6 Å². The molecule has 0 aliphatic carbocycles. The average Bonchev–Trinajstić information content (AvgIpc) is 3.00. The predicted molar refractivity (Wildman–Crippen MR) is 68.9 cm³/mol. The minimum Gasteiger partial charge on any atom is -0.472 e. The molecule has 1 aliphatic heterocycles. The zero-order valence-electron chi connectivity index (χ0n) is 9.56. The molecule has 0 radical (unpaired) electrons. The van der Waals surface area contributed by atoms with Gasteiger partial charge < -0.3 is 9.73 Å². The summed E-state index contributed by atoms with van der Waals surface area (Å²) in [5.41, 5.74) is 3.34. The van der Waals surface area contributed by atoms with Crippen molar-refractivity contribution in [2.45, 2.75) is 18.4 Å². The van der Waals surface area contributed by atoms with Gasteiger partial charge in [-0.1, -0.05) is 0 Å². The highest BCUT2D eigenvalue weighted by Gasteiger charge is 2.20. The molecule has 2 aromatic rings. The van der Waals surface area contributed by atoms with E-state index >= 15 is 0 Å². The van der Waals surface area contributed by atoms with Gasteiger partial charge in [-0.2, -0.15) is 11.8 Å². The molecule has 3 heterocycles. The number of anilines is 1. The number of nitrogens with zero attached hydrogens (tertiary/aromatic N) is 2. The largest absolute Gasteiger partial charge is 0.472 e. The number of thioether (sulfide) groups is 1. The van der Waals surface area contributed by atoms with Gasteiger partial charge in [-0.25, -0.2) is 9.97 Å². The zero-order chi connectivity index (χ0) is 11.7. The summed E-state index contributed by atoms with van der Waals surface area (Å²) in [7, 11) is 0. The van der Waals surface area contributed by atoms with Gasteiger partial charge in [-0.05, 0) is 13.0 Å². The van der Waals surface area contributed by atoms with Gasteiger partial charge in [0.05, 0.1) is 17.5 Å². The van der Waals surface area contributed by atoms with Gasteiger partial charge in [-0.3, -0.25) is 0 Å². The first kappa shape index (κ1) is 10.7. The maximum atomic E-state index is 5.08. The molecule has 0 unspecified atom stereocenters. The molecule has 0 amide bonds. The number of hydrogen-bond donors (Lipinski definition) is 1. The average molecular weight is 247 g/mol. The van der Waals surface area contributed by atoms with E-state index in [2.05, 4.69) is 22.2 Å². The van der Waals surface area contributed by atoms with Crippen molar-refractivity contribution in [1.29, 1.82) is 0 Å². The summed E-state index contributed by atoms with van der Waals surface area (Å²) in [6, 6.07) is 1.89. The molecule has 2 aromatic heterocycles. The second kappa shape index (κ2) is 4.41. The van der Waals surface area contributed by atoms with Gasteiger partial charge in [0, 0.05) is 23.6 Å². The molecule has 4 nitrogen and oxygen atoms in total. The minimum absolute atomic E-state index is 0.746. The van der Waals surface area contributed by atoms with Crippen LogP contribution < -0.4 is 5.32 Å². The monoisotopic (exact) mass is 247 g/mol. The first-order valence-corrected chi connectivity index (χ1v) is 6.78. The summed E-state index contributed by atoms with van der Waals surface area (Å²) < 4.78 is 5.08. The van der Waals surface area contributed by atoms with Crippen molar-refractivity contribution in [3.05, 3.63) is 29.9 Å². The Balaban J connectivity index is 2.09. The van der Waals surface area contributed by atoms with E-state index in [0.29, 0.717) is 0 Å². The Hall–Kier alpha value is -1.49. The summed E-state index contributed by atoms with van der Waals surface area (Å²) in [4.78, 5) is 9.19. The van der Waals surface area contributed by atoms with Gasteiger partial charge in [0.2, 0.25) is 0 Å². The summed E-state index contributed by atoms with van der Waals surface area (Å²) >= 11 is 1.88. The van der Waals surface area contributed by atoms with E-state index < -0.39 is 0 Å². The maximum absolute atomic E-state index is 5.08. The first-order chi connectivity index (χ1) is 8.38. The number of fused-ring (bicyclic) bond motifs is 1. The van der Waals surface area contributed by atoms with Crippen molar-refractivity contribution in [3.8, 4) is 11.4 Å². The van der Waals surface area contributed by atoms with Crippen LogP contribution in [0, 0.1) is 0 Å². The number of hydrogen-bond acceptors (Lipinski definition) is 5. The number of furan rings is 1. The zero-order valence-corrected chi connectivity index (χ0v) is 10.4. The fourth-order valence-electron chi connectivity index (χ4n) is 1.89. The molecule has 1 aliphatic rings. The Morgan fingerprint density at radius 2 is 2.35 bits per heavy atom. The molecule has 1 N–H and O–H groups in total. The van der Waals surface area contributed by atoms with Crippen LogP contribution >= 0.6 is 11.8 Å². The molecule has 0 atom stereocenters. The summed E-state index contributed by atoms with van der Waals surface area (Å²) in [6.45, 7) is 2.95. The van der Waals surface area contributed by atoms with Crippen molar-refractivity contribution in [1.82, 2.24) is 9.97 Å². The summed E-state index contributed by atoms with van der Waals surface area (Å²) in [5, 5.41) is 3.32. The minimum atomic E-state index is 0.746. The molecule has 3 rings (SSSR count). The van der Waals surface area contributed by atoms with Crippen LogP contribution in [0.3, 0.4) is 0 Å². The Morgan fingerprint density at radius 3 is 3.12 bits per heavy atom. The van der Waals surface area contributed by atoms with Gasteiger partial charge >= 0.3 is 0 Å². The molecular formula is C12H13N3OS. The van der Waals surface area contributed by atoms with E-state index in [9.17, 15) is 0 Å². The lowest BCUT2D eigenvalue weighted by Crippen LogP contribution is -2.06. The number of nitrogens with one attached hydrogen (secondary N) is 1. The van der Waals surface area contributed by atoms with Gasteiger partial charge in [0.1, 0.15) is 12.1 Å². The molecular weight excluding hydrogens is 234 g/mol. The number of aromatic nitrogens is 2. The second-order valence-electron chi connectivity index (χ2n) is 3.86. The molecule has 5 heteroatoms. The maximum Gasteiger partial charge on any atom is 0.165 e. The predicted octanol–water partition coefficient (Wildman–Crippen LogP) is 2.92. The normalized spacial score (nSPS) is 13.7. The molecule has 0 bridgehead atoms. The van der Waals surface area contributed by atoms with E-state index in [4.69, 9.17) is 4.42 Å². The molecule has 0 fully saturated rings. The van der Waals surface area contributed by atoms with Crippen molar-refractivity contribution < 1.29 is 4.42 Å². The van der Waals surface area contributed by atoms with Crippen LogP contribution in [0.2, 0.25) is 0 Å². The number of rotatable bonds is 3. The highest BCUT2D eigenvalue weighted by Crippen LogP contribution is 2.34. The quantitative estimate of drug-likeness (QED) is 0.903. The lowest BCUT2D eigenvalue weighted by Gasteiger charge is -2.09. The van der Waals surface area contributed by atoms with Crippen LogP contribution in [0.15, 0.2) is 23.0 Å². The van der Waals surface area contributed by atoms with Crippen molar-refractivity contribution in [2.24, 2.45) is 0 Å². The Bertz CT molecular complexity index is 525. The van der Waals surface area contributed by atoms with E-state index in [0.717, 1.165) is 41.0 Å². The fraction of sp³-hybridized carbons (Fsp3) is 0.333. The molecule has 17 heavy (non-hydrogen) atoms. The molecule has 0 saturated carbocycles. The topological polar surface area (TPSA) is 51.0 Å². The SMILES string of the molecule is CCNc1nc(-c2ccoc2)nc2c1CSC2. The standard InChI is InChI=1S/C12H13N3OS/c1-2-13-12-9-6-17-7-10(9)14-11(15-12)8-3-4-16-5-8/h3-5H,2,6-7H2,1H3,(H,13,14,15). The fourth-order valence-corrected chi connectivity index (χ4v) is 2.93. The Morgan fingerprint density at radius 1 is 1.41 bits per heavy atom. The highest BCUT2D eigenvalue weighted by atomic mass is 32.2. The van der Waals surface area contributed by atoms with Crippen LogP contribution in [-0.2, 0) is 11.5 Å². The molecule has 0 aromatic carbocycles. The van der Waals surface area contributed by atoms with E-state index in [1.54, 1.807) is 12.5 Å². The van der Waals surface area contributed by atoms with Gasteiger partial charge in [0.25, 0.3) is 0 Å². The van der Waals surface area contributed by atoms with Gasteiger partial charge in [0.15, 0.2) is 5.82 Å². The summed E-state index contributed by atoms with van der Waals surface area (Å²) in [5.74, 6) is 3.69. The smallest absolute Gasteiger partial charge is 0.165 e. The van der Waals surface area contributed by atoms with E-state index in [1.807, 2.05) is 17.8 Å². The van der Waals surface area contributed by atoms with Crippen LogP contribution in [0.25, 0.3) is 11.4 Å². The van der Waals surface area contributed by atoms with Crippen LogP contribution in [-0.4, -0.2) is 16.5 Å². The lowest BCUT2D eigenvalue weighted by atomic mass is 10.2. The highest BCUT2D eigenvalue weighted by molar-refractivity contribution is 7.98. The van der Waals surface area contributed by atoms with Crippen LogP contribution in [0.1, 0.15) is 18.2 Å². The lowest BCUT2D eigenvalue weighted by molar-refractivity contribution is 0.568. The molecule has 0 saturated heterocycles. The molecule has 0 spiro atoms. The summed E-state index contributed by atoms with van der Waals surface area (Å²) in [6.07, 6.45) is 3.33. The van der Waals surface area contributed by atoms with Crippen LogP contribution in [0.5, 0.6) is 0 Å². The Labute approximate surface area is 104 Å². The Kier molecular flexibility index (Phi) is 2.76. The van der Waals surface area contributed by atoms with Crippen LogP contribution in [0.4, 0.5) is 5.82 Å². The van der Waals surface area contributed by atoms with Crippen molar-refractivity contribution in [3.63, 3.8) is 0 Å².